The summed E-state index contributed by atoms with van der Waals surface area (Å²) in [7, 11) is 1.52. The van der Waals surface area contributed by atoms with Gasteiger partial charge in [-0.15, -0.1) is 0 Å². The first-order valence-electron chi connectivity index (χ1n) is 5.74. The van der Waals surface area contributed by atoms with Crippen LogP contribution in [0, 0.1) is 0 Å². The molecule has 1 aliphatic heterocycles. The Bertz CT molecular complexity index is 463. The fourth-order valence-electron chi connectivity index (χ4n) is 1.81. The van der Waals surface area contributed by atoms with Crippen LogP contribution < -0.4 is 10.2 Å². The molecule has 0 radical (unpaired) electrons. The van der Waals surface area contributed by atoms with Crippen LogP contribution in [0.15, 0.2) is 24.0 Å². The van der Waals surface area contributed by atoms with E-state index in [4.69, 9.17) is 19.4 Å². The molecule has 7 nitrogen and oxygen atoms in total. The van der Waals surface area contributed by atoms with Gasteiger partial charge in [0.05, 0.1) is 25.1 Å². The Kier molecular flexibility index (Phi) is 4.69. The summed E-state index contributed by atoms with van der Waals surface area (Å²) in [6.07, 6.45) is 2.58. The number of hydroxylamine groups is 1. The van der Waals surface area contributed by atoms with Gasteiger partial charge in [-0.3, -0.25) is 15.3 Å². The maximum atomic E-state index is 9.40. The van der Waals surface area contributed by atoms with Crippen molar-refractivity contribution >= 4 is 5.70 Å². The zero-order chi connectivity index (χ0) is 13.7. The number of methoxy groups -OCH3 is 1. The normalized spacial score (nSPS) is 18.6. The van der Waals surface area contributed by atoms with E-state index in [0.717, 1.165) is 0 Å². The van der Waals surface area contributed by atoms with Gasteiger partial charge in [0.25, 0.3) is 0 Å². The molecule has 1 unspecified atom stereocenters. The van der Waals surface area contributed by atoms with E-state index in [1.165, 1.54) is 7.11 Å². The topological polar surface area (TPSA) is 93.1 Å². The van der Waals surface area contributed by atoms with Gasteiger partial charge in [-0.25, -0.2) is 0 Å². The molecule has 0 fully saturated rings. The number of rotatable bonds is 6. The highest BCUT2D eigenvalue weighted by atomic mass is 16.7. The minimum Gasteiger partial charge on any atom is -0.465 e. The summed E-state index contributed by atoms with van der Waals surface area (Å²) in [5.41, 5.74) is 4.53. The molecule has 1 aromatic heterocycles. The number of nitrogens with one attached hydrogen (secondary N) is 1. The number of nitrogens with zero attached hydrogens (tertiary/aromatic N) is 1. The molecule has 104 valence electrons. The Morgan fingerprint density at radius 2 is 2.32 bits per heavy atom. The Morgan fingerprint density at radius 1 is 1.47 bits per heavy atom. The lowest BCUT2D eigenvalue weighted by molar-refractivity contribution is 0.00898. The summed E-state index contributed by atoms with van der Waals surface area (Å²) < 4.78 is 10.3. The smallest absolute Gasteiger partial charge is 0.188 e. The van der Waals surface area contributed by atoms with Gasteiger partial charge in [0.1, 0.15) is 11.9 Å². The first kappa shape index (κ1) is 13.8. The molecule has 0 aromatic carbocycles. The van der Waals surface area contributed by atoms with Crippen LogP contribution in [-0.2, 0) is 9.57 Å². The van der Waals surface area contributed by atoms with Gasteiger partial charge in [0.2, 0.25) is 0 Å². The second-order valence-electron chi connectivity index (χ2n) is 3.87. The molecule has 19 heavy (non-hydrogen) atoms. The van der Waals surface area contributed by atoms with Crippen molar-refractivity contribution in [2.24, 2.45) is 0 Å². The Balaban J connectivity index is 2.35. The predicted molar refractivity (Wildman–Crippen MR) is 65.8 cm³/mol. The monoisotopic (exact) mass is 268 g/mol. The fraction of sp³-hybridized carbons (Fsp3) is 0.417. The number of pyridine rings is 1. The van der Waals surface area contributed by atoms with E-state index in [0.29, 0.717) is 22.6 Å². The van der Waals surface area contributed by atoms with Crippen molar-refractivity contribution < 1.29 is 24.5 Å². The largest absolute Gasteiger partial charge is 0.465 e. The molecule has 2 heterocycles. The van der Waals surface area contributed by atoms with E-state index >= 15 is 0 Å². The van der Waals surface area contributed by atoms with E-state index in [9.17, 15) is 5.11 Å². The van der Waals surface area contributed by atoms with Crippen molar-refractivity contribution in [2.45, 2.75) is 6.10 Å². The van der Waals surface area contributed by atoms with Gasteiger partial charge in [-0.1, -0.05) is 0 Å². The van der Waals surface area contributed by atoms with Crippen LogP contribution in [-0.4, -0.2) is 48.4 Å². The molecule has 1 aromatic rings. The molecule has 0 amide bonds. The lowest BCUT2D eigenvalue weighted by Crippen LogP contribution is -2.19. The number of hydrogen-bond acceptors (Lipinski definition) is 7. The summed E-state index contributed by atoms with van der Waals surface area (Å²) in [5.74, 6) is 0.500. The van der Waals surface area contributed by atoms with Gasteiger partial charge in [0.15, 0.2) is 6.79 Å². The number of aliphatic hydroxyl groups excluding tert-OH is 2. The summed E-state index contributed by atoms with van der Waals surface area (Å²) >= 11 is 0. The maximum absolute atomic E-state index is 9.40. The van der Waals surface area contributed by atoms with Crippen LogP contribution in [0.25, 0.3) is 5.70 Å². The minimum atomic E-state index is -0.566. The number of aromatic nitrogens is 1. The van der Waals surface area contributed by atoms with E-state index < -0.39 is 6.10 Å². The van der Waals surface area contributed by atoms with Gasteiger partial charge in [0, 0.05) is 24.4 Å². The lowest BCUT2D eigenvalue weighted by atomic mass is 10.0. The minimum absolute atomic E-state index is 0.0880. The summed E-state index contributed by atoms with van der Waals surface area (Å²) in [4.78, 5) is 9.17. The Morgan fingerprint density at radius 3 is 3.00 bits per heavy atom. The molecule has 1 aliphatic rings. The van der Waals surface area contributed by atoms with Crippen LogP contribution in [0.5, 0.6) is 5.75 Å². The number of aliphatic hydroxyl groups is 2. The molecule has 0 saturated carbocycles. The van der Waals surface area contributed by atoms with E-state index in [1.807, 2.05) is 0 Å². The third-order valence-corrected chi connectivity index (χ3v) is 2.74. The van der Waals surface area contributed by atoms with Crippen molar-refractivity contribution in [2.75, 3.05) is 27.1 Å². The molecule has 0 aliphatic carbocycles. The highest BCUT2D eigenvalue weighted by molar-refractivity contribution is 5.72. The first-order valence-corrected chi connectivity index (χ1v) is 5.74. The molecule has 3 N–H and O–H groups in total. The molecule has 1 atom stereocenters. The molecule has 7 heteroatoms. The second-order valence-corrected chi connectivity index (χ2v) is 3.87. The standard InChI is InChI=1S/C12H16N2O5/c1-17-7-18-10-4-13-3-2-8(10)12-9(5-15)11(6-16)19-14-12/h2-4,11,14-16H,5-7H2,1H3. The zero-order valence-electron chi connectivity index (χ0n) is 10.5. The van der Waals surface area contributed by atoms with Crippen LogP contribution >= 0.6 is 0 Å². The SMILES string of the molecule is COCOc1cnccc1C1=C(CO)C(CO)ON1. The van der Waals surface area contributed by atoms with Crippen LogP contribution in [0.2, 0.25) is 0 Å². The third kappa shape index (κ3) is 2.85. The van der Waals surface area contributed by atoms with E-state index in [2.05, 4.69) is 10.5 Å². The molecule has 2 rings (SSSR count). The molecule has 0 saturated heterocycles. The van der Waals surface area contributed by atoms with Crippen molar-refractivity contribution in [3.05, 3.63) is 29.6 Å². The van der Waals surface area contributed by atoms with Gasteiger partial charge < -0.3 is 19.7 Å². The second kappa shape index (κ2) is 6.48. The number of hydrogen-bond donors (Lipinski definition) is 3. The molecule has 0 spiro atoms. The van der Waals surface area contributed by atoms with Crippen molar-refractivity contribution in [3.63, 3.8) is 0 Å². The van der Waals surface area contributed by atoms with Crippen molar-refractivity contribution in [1.29, 1.82) is 0 Å². The average Bonchev–Trinajstić information content (AvgIpc) is 2.88. The maximum Gasteiger partial charge on any atom is 0.188 e. The zero-order valence-corrected chi connectivity index (χ0v) is 10.5. The van der Waals surface area contributed by atoms with Gasteiger partial charge in [-0.05, 0) is 6.07 Å². The van der Waals surface area contributed by atoms with E-state index in [-0.39, 0.29) is 20.0 Å². The van der Waals surface area contributed by atoms with Gasteiger partial charge >= 0.3 is 0 Å². The molecular weight excluding hydrogens is 252 g/mol. The van der Waals surface area contributed by atoms with Crippen LogP contribution in [0.4, 0.5) is 0 Å². The molecular formula is C12H16N2O5. The number of ether oxygens (including phenoxy) is 2. The highest BCUT2D eigenvalue weighted by Gasteiger charge is 2.28. The van der Waals surface area contributed by atoms with Crippen molar-refractivity contribution in [3.8, 4) is 5.75 Å². The first-order chi connectivity index (χ1) is 9.31. The summed E-state index contributed by atoms with van der Waals surface area (Å²) in [6.45, 7) is -0.351. The summed E-state index contributed by atoms with van der Waals surface area (Å²) in [6, 6.07) is 1.73. The quantitative estimate of drug-likeness (QED) is 0.608. The van der Waals surface area contributed by atoms with E-state index in [1.54, 1.807) is 18.5 Å². The predicted octanol–water partition coefficient (Wildman–Crippen LogP) is -0.337. The Hall–Kier alpha value is -1.67. The third-order valence-electron chi connectivity index (χ3n) is 2.74. The van der Waals surface area contributed by atoms with Gasteiger partial charge in [-0.2, -0.15) is 0 Å². The lowest BCUT2D eigenvalue weighted by Gasteiger charge is -2.11. The fourth-order valence-corrected chi connectivity index (χ4v) is 1.81. The van der Waals surface area contributed by atoms with Crippen LogP contribution in [0.1, 0.15) is 5.56 Å². The average molecular weight is 268 g/mol. The van der Waals surface area contributed by atoms with Crippen LogP contribution in [0.3, 0.4) is 0 Å². The summed E-state index contributed by atoms with van der Waals surface area (Å²) in [5, 5.41) is 18.6. The van der Waals surface area contributed by atoms with Crippen molar-refractivity contribution in [1.82, 2.24) is 10.5 Å². The highest BCUT2D eigenvalue weighted by Crippen LogP contribution is 2.30. The Labute approximate surface area is 110 Å². The molecule has 0 bridgehead atoms.